The van der Waals surface area contributed by atoms with Crippen LogP contribution in [0.4, 0.5) is 0 Å². The van der Waals surface area contributed by atoms with E-state index in [1.54, 1.807) is 0 Å². The Morgan fingerprint density at radius 3 is 1.41 bits per heavy atom. The van der Waals surface area contributed by atoms with Crippen LogP contribution in [0.1, 0.15) is 44.4 Å². The van der Waals surface area contributed by atoms with E-state index in [4.69, 9.17) is 18.9 Å². The summed E-state index contributed by atoms with van der Waals surface area (Å²) < 4.78 is 27.0. The molecule has 4 aromatic carbocycles. The number of ether oxygens (including phenoxy) is 4. The van der Waals surface area contributed by atoms with E-state index < -0.39 is 8.07 Å². The van der Waals surface area contributed by atoms with Crippen LogP contribution in [-0.4, -0.2) is 39.1 Å². The van der Waals surface area contributed by atoms with Crippen LogP contribution in [0.15, 0.2) is 121 Å². The van der Waals surface area contributed by atoms with Gasteiger partial charge in [0.1, 0.15) is 18.3 Å². The zero-order valence-corrected chi connectivity index (χ0v) is 27.7. The van der Waals surface area contributed by atoms with Crippen molar-refractivity contribution in [2.24, 2.45) is 0 Å². The van der Waals surface area contributed by atoms with Crippen molar-refractivity contribution in [3.05, 3.63) is 138 Å². The molecule has 4 nitrogen and oxygen atoms in total. The third kappa shape index (κ3) is 7.95. The van der Waals surface area contributed by atoms with Gasteiger partial charge in [0, 0.05) is 0 Å². The summed E-state index contributed by atoms with van der Waals surface area (Å²) in [6.07, 6.45) is -0.838. The van der Waals surface area contributed by atoms with Crippen molar-refractivity contribution in [3.63, 3.8) is 0 Å². The maximum absolute atomic E-state index is 7.04. The van der Waals surface area contributed by atoms with Gasteiger partial charge in [0.05, 0.1) is 40.6 Å². The minimum absolute atomic E-state index is 0.110. The highest BCUT2D eigenvalue weighted by molar-refractivity contribution is 6.94. The number of hydrogen-bond donors (Lipinski definition) is 0. The second kappa shape index (κ2) is 15.8. The molecule has 4 atom stereocenters. The topological polar surface area (TPSA) is 36.9 Å². The first-order valence-corrected chi connectivity index (χ1v) is 18.5. The first-order chi connectivity index (χ1) is 21.5. The molecule has 0 N–H and O–H groups in total. The lowest BCUT2D eigenvalue weighted by Crippen LogP contribution is -2.56. The fraction of sp³-hybridized carbons (Fsp3) is 0.385. The SMILES string of the molecule is CC(C)[Si](C[C@@H]1O[C@H](COCc2ccccc2)[C@@H](OCc2ccccc2)[C@@H]1OCc1ccccc1)(c1ccccc1)C(C)C. The Labute approximate surface area is 265 Å². The third-order valence-corrected chi connectivity index (χ3v) is 15.9. The Morgan fingerprint density at radius 2 is 0.955 bits per heavy atom. The van der Waals surface area contributed by atoms with Gasteiger partial charge in [-0.05, 0) is 33.8 Å². The van der Waals surface area contributed by atoms with Crippen molar-refractivity contribution in [2.45, 2.75) is 89.1 Å². The van der Waals surface area contributed by atoms with E-state index in [1.807, 2.05) is 30.3 Å². The molecule has 5 heteroatoms. The molecule has 5 rings (SSSR count). The van der Waals surface area contributed by atoms with Gasteiger partial charge in [-0.15, -0.1) is 0 Å². The lowest BCUT2D eigenvalue weighted by atomic mass is 10.1. The molecule has 0 unspecified atom stereocenters. The Kier molecular flexibility index (Phi) is 11.6. The van der Waals surface area contributed by atoms with Gasteiger partial charge in [0.25, 0.3) is 0 Å². The van der Waals surface area contributed by atoms with Gasteiger partial charge in [0.15, 0.2) is 0 Å². The Bertz CT molecular complexity index is 1360. The normalized spacial score (nSPS) is 20.4. The van der Waals surface area contributed by atoms with Gasteiger partial charge in [-0.1, -0.05) is 154 Å². The largest absolute Gasteiger partial charge is 0.374 e. The van der Waals surface area contributed by atoms with Crippen molar-refractivity contribution in [1.29, 1.82) is 0 Å². The number of rotatable bonds is 15. The molecule has 0 radical (unpaired) electrons. The maximum Gasteiger partial charge on any atom is 0.115 e. The predicted octanol–water partition coefficient (Wildman–Crippen LogP) is 8.32. The van der Waals surface area contributed by atoms with Crippen molar-refractivity contribution in [2.75, 3.05) is 6.61 Å². The fourth-order valence-corrected chi connectivity index (χ4v) is 12.6. The lowest BCUT2D eigenvalue weighted by Gasteiger charge is -2.42. The van der Waals surface area contributed by atoms with E-state index in [-0.39, 0.29) is 24.4 Å². The van der Waals surface area contributed by atoms with Gasteiger partial charge in [-0.3, -0.25) is 0 Å². The Balaban J connectivity index is 1.45. The lowest BCUT2D eigenvalue weighted by molar-refractivity contribution is -0.0897. The molecule has 44 heavy (non-hydrogen) atoms. The van der Waals surface area contributed by atoms with E-state index in [2.05, 4.69) is 119 Å². The summed E-state index contributed by atoms with van der Waals surface area (Å²) in [5.74, 6) is 0. The van der Waals surface area contributed by atoms with Crippen molar-refractivity contribution >= 4 is 13.3 Å². The Hall–Kier alpha value is -3.06. The van der Waals surface area contributed by atoms with Crippen LogP contribution in [-0.2, 0) is 38.8 Å². The molecule has 1 fully saturated rings. The molecule has 1 heterocycles. The summed E-state index contributed by atoms with van der Waals surface area (Å²) >= 11 is 0. The monoisotopic (exact) mass is 608 g/mol. The van der Waals surface area contributed by atoms with Gasteiger partial charge in [-0.2, -0.15) is 0 Å². The molecule has 0 aromatic heterocycles. The van der Waals surface area contributed by atoms with Crippen LogP contribution in [0, 0.1) is 0 Å². The zero-order chi connectivity index (χ0) is 30.8. The first-order valence-electron chi connectivity index (χ1n) is 16.1. The van der Waals surface area contributed by atoms with Crippen LogP contribution in [0.3, 0.4) is 0 Å². The Morgan fingerprint density at radius 1 is 0.545 bits per heavy atom. The molecule has 1 aliphatic rings. The van der Waals surface area contributed by atoms with Crippen LogP contribution in [0.2, 0.25) is 17.1 Å². The molecule has 0 amide bonds. The molecular formula is C39H48O4Si. The highest BCUT2D eigenvalue weighted by Gasteiger charge is 2.52. The summed E-state index contributed by atoms with van der Waals surface area (Å²) in [6.45, 7) is 11.6. The molecule has 0 aliphatic carbocycles. The maximum atomic E-state index is 7.04. The molecule has 4 aromatic rings. The summed E-state index contributed by atoms with van der Waals surface area (Å²) in [5.41, 5.74) is 4.49. The fourth-order valence-electron chi connectivity index (χ4n) is 6.91. The standard InChI is InChI=1S/C39H48O4Si/c1-30(2)44(31(3)4,35-23-15-8-16-24-35)29-37-39(42-27-34-21-13-7-14-22-34)38(41-26-33-19-11-6-12-20-33)36(43-37)28-40-25-32-17-9-5-10-18-32/h5-24,30-31,36-39H,25-29H2,1-4H3/t36-,37+,38-,39-/m1/s1. The van der Waals surface area contributed by atoms with E-state index in [1.165, 1.54) is 5.19 Å². The van der Waals surface area contributed by atoms with Gasteiger partial charge >= 0.3 is 0 Å². The van der Waals surface area contributed by atoms with E-state index in [9.17, 15) is 0 Å². The van der Waals surface area contributed by atoms with Crippen LogP contribution < -0.4 is 5.19 Å². The van der Waals surface area contributed by atoms with Crippen molar-refractivity contribution in [1.82, 2.24) is 0 Å². The average Bonchev–Trinajstić information content (AvgIpc) is 3.38. The molecule has 0 spiro atoms. The van der Waals surface area contributed by atoms with Crippen LogP contribution in [0.25, 0.3) is 0 Å². The van der Waals surface area contributed by atoms with E-state index in [0.29, 0.717) is 37.5 Å². The van der Waals surface area contributed by atoms with Gasteiger partial charge in [-0.25, -0.2) is 0 Å². The second-order valence-electron chi connectivity index (χ2n) is 12.7. The average molecular weight is 609 g/mol. The highest BCUT2D eigenvalue weighted by Crippen LogP contribution is 2.41. The van der Waals surface area contributed by atoms with Gasteiger partial charge < -0.3 is 18.9 Å². The van der Waals surface area contributed by atoms with E-state index in [0.717, 1.165) is 22.7 Å². The quantitative estimate of drug-likeness (QED) is 0.127. The first kappa shape index (κ1) is 32.3. The molecule has 1 aliphatic heterocycles. The minimum Gasteiger partial charge on any atom is -0.374 e. The molecule has 0 saturated carbocycles. The summed E-state index contributed by atoms with van der Waals surface area (Å²) in [5, 5.41) is 1.49. The minimum atomic E-state index is -2.07. The second-order valence-corrected chi connectivity index (χ2v) is 18.0. The summed E-state index contributed by atoms with van der Waals surface area (Å²) in [4.78, 5) is 0. The summed E-state index contributed by atoms with van der Waals surface area (Å²) in [7, 11) is -2.07. The predicted molar refractivity (Wildman–Crippen MR) is 182 cm³/mol. The van der Waals surface area contributed by atoms with Gasteiger partial charge in [0.2, 0.25) is 0 Å². The molecule has 0 bridgehead atoms. The van der Waals surface area contributed by atoms with Crippen molar-refractivity contribution < 1.29 is 18.9 Å². The molecular weight excluding hydrogens is 561 g/mol. The third-order valence-electron chi connectivity index (χ3n) is 9.28. The summed E-state index contributed by atoms with van der Waals surface area (Å²) in [6, 6.07) is 43.2. The number of hydrogen-bond acceptors (Lipinski definition) is 4. The van der Waals surface area contributed by atoms with Crippen LogP contribution in [0.5, 0.6) is 0 Å². The smallest absolute Gasteiger partial charge is 0.115 e. The number of benzene rings is 4. The zero-order valence-electron chi connectivity index (χ0n) is 26.7. The van der Waals surface area contributed by atoms with E-state index >= 15 is 0 Å². The molecule has 1 saturated heterocycles. The van der Waals surface area contributed by atoms with Crippen LogP contribution >= 0.6 is 0 Å². The highest BCUT2D eigenvalue weighted by atomic mass is 28.3. The molecule has 232 valence electrons. The van der Waals surface area contributed by atoms with Crippen molar-refractivity contribution in [3.8, 4) is 0 Å².